The largest absolute Gasteiger partial charge is 0.507 e. The maximum Gasteiger partial charge on any atom is 0.257 e. The Morgan fingerprint density at radius 3 is 2.49 bits per heavy atom. The predicted octanol–water partition coefficient (Wildman–Crippen LogP) is 4.28. The molecule has 0 aliphatic rings. The zero-order valence-electron chi connectivity index (χ0n) is 19.1. The zero-order chi connectivity index (χ0) is 25.3. The Bertz CT molecular complexity index is 1450. The normalized spacial score (nSPS) is 10.8. The summed E-state index contributed by atoms with van der Waals surface area (Å²) in [5.41, 5.74) is 8.78. The van der Waals surface area contributed by atoms with E-state index < -0.39 is 11.8 Å². The second-order valence-corrected chi connectivity index (χ2v) is 8.56. The minimum Gasteiger partial charge on any atom is -0.507 e. The summed E-state index contributed by atoms with van der Waals surface area (Å²) in [6, 6.07) is 16.5. The lowest BCUT2D eigenvalue weighted by Gasteiger charge is -2.20. The number of phenolic OH excluding ortho intramolecular Hbond substituents is 2. The number of aryl methyl sites for hydroxylation is 1. The van der Waals surface area contributed by atoms with Gasteiger partial charge in [0.1, 0.15) is 11.5 Å². The monoisotopic (exact) mass is 490 g/mol. The molecule has 1 heterocycles. The molecule has 8 nitrogen and oxygen atoms in total. The molecule has 4 N–H and O–H groups in total. The van der Waals surface area contributed by atoms with Gasteiger partial charge in [-0.15, -0.1) is 0 Å². The Morgan fingerprint density at radius 1 is 1.03 bits per heavy atom. The topological polar surface area (TPSA) is 122 Å². The molecule has 0 saturated heterocycles. The van der Waals surface area contributed by atoms with Crippen LogP contribution in [0.25, 0.3) is 16.9 Å². The lowest BCUT2D eigenvalue weighted by atomic mass is 10.0. The molecule has 3 aromatic carbocycles. The molecular formula is C26H23ClN4O4. The molecule has 0 aliphatic heterocycles. The van der Waals surface area contributed by atoms with Gasteiger partial charge in [0, 0.05) is 35.8 Å². The molecule has 0 fully saturated rings. The van der Waals surface area contributed by atoms with E-state index in [1.54, 1.807) is 29.1 Å². The highest BCUT2D eigenvalue weighted by molar-refractivity contribution is 6.30. The molecule has 0 radical (unpaired) electrons. The lowest BCUT2D eigenvalue weighted by molar-refractivity contribution is 0.0779. The number of benzene rings is 3. The molecule has 4 rings (SSSR count). The van der Waals surface area contributed by atoms with Gasteiger partial charge >= 0.3 is 0 Å². The summed E-state index contributed by atoms with van der Waals surface area (Å²) in [5, 5.41) is 25.9. The Balaban J connectivity index is 1.72. The van der Waals surface area contributed by atoms with E-state index >= 15 is 0 Å². The van der Waals surface area contributed by atoms with Crippen LogP contribution in [0.3, 0.4) is 0 Å². The van der Waals surface area contributed by atoms with Crippen molar-refractivity contribution in [1.29, 1.82) is 0 Å². The smallest absolute Gasteiger partial charge is 0.257 e. The quantitative estimate of drug-likeness (QED) is 0.372. The van der Waals surface area contributed by atoms with Gasteiger partial charge in [-0.25, -0.2) is 4.68 Å². The molecule has 4 aromatic rings. The fourth-order valence-electron chi connectivity index (χ4n) is 3.92. The number of para-hydroxylation sites is 1. The number of hydrogen-bond donors (Lipinski definition) is 3. The van der Waals surface area contributed by atoms with Gasteiger partial charge in [-0.3, -0.25) is 9.59 Å². The summed E-state index contributed by atoms with van der Waals surface area (Å²) < 4.78 is 1.66. The van der Waals surface area contributed by atoms with Crippen LogP contribution in [0.15, 0.2) is 66.9 Å². The SMILES string of the molecule is Cc1ccccc1-n1nccc1-c1cc(C(=O)N(C)Cc2cc(Cl)ccc2C(N)=O)c(O)cc1O. The highest BCUT2D eigenvalue weighted by Gasteiger charge is 2.22. The summed E-state index contributed by atoms with van der Waals surface area (Å²) in [5.74, 6) is -1.76. The summed E-state index contributed by atoms with van der Waals surface area (Å²) in [7, 11) is 1.53. The molecule has 9 heteroatoms. The lowest BCUT2D eigenvalue weighted by Crippen LogP contribution is -2.28. The van der Waals surface area contributed by atoms with Crippen LogP contribution >= 0.6 is 11.6 Å². The number of rotatable bonds is 6. The number of nitrogens with two attached hydrogens (primary N) is 1. The minimum atomic E-state index is -0.642. The van der Waals surface area contributed by atoms with Gasteiger partial charge in [0.2, 0.25) is 5.91 Å². The van der Waals surface area contributed by atoms with E-state index in [1.807, 2.05) is 31.2 Å². The Morgan fingerprint density at radius 2 is 1.77 bits per heavy atom. The fraction of sp³-hybridized carbons (Fsp3) is 0.115. The van der Waals surface area contributed by atoms with Crippen molar-refractivity contribution in [1.82, 2.24) is 14.7 Å². The van der Waals surface area contributed by atoms with Crippen molar-refractivity contribution in [3.05, 3.63) is 94.1 Å². The Labute approximate surface area is 206 Å². The maximum absolute atomic E-state index is 13.3. The van der Waals surface area contributed by atoms with Crippen molar-refractivity contribution in [2.75, 3.05) is 7.05 Å². The molecule has 0 spiro atoms. The Hall–Kier alpha value is -4.30. The third-order valence-corrected chi connectivity index (χ3v) is 5.93. The molecule has 178 valence electrons. The number of aromatic nitrogens is 2. The van der Waals surface area contributed by atoms with E-state index in [0.29, 0.717) is 21.8 Å². The third-order valence-electron chi connectivity index (χ3n) is 5.69. The average molecular weight is 491 g/mol. The molecule has 0 bridgehead atoms. The molecule has 0 atom stereocenters. The van der Waals surface area contributed by atoms with Crippen molar-refractivity contribution in [2.45, 2.75) is 13.5 Å². The predicted molar refractivity (Wildman–Crippen MR) is 133 cm³/mol. The second-order valence-electron chi connectivity index (χ2n) is 8.13. The highest BCUT2D eigenvalue weighted by atomic mass is 35.5. The first-order chi connectivity index (χ1) is 16.7. The highest BCUT2D eigenvalue weighted by Crippen LogP contribution is 2.36. The first-order valence-electron chi connectivity index (χ1n) is 10.7. The van der Waals surface area contributed by atoms with Gasteiger partial charge in [-0.1, -0.05) is 29.8 Å². The van der Waals surface area contributed by atoms with Crippen LogP contribution in [0, 0.1) is 6.92 Å². The van der Waals surface area contributed by atoms with Gasteiger partial charge in [-0.05, 0) is 54.4 Å². The van der Waals surface area contributed by atoms with Crippen molar-refractivity contribution in [3.63, 3.8) is 0 Å². The number of carbonyl (C=O) groups excluding carboxylic acids is 2. The molecular weight excluding hydrogens is 468 g/mol. The number of halogens is 1. The average Bonchev–Trinajstić information content (AvgIpc) is 3.28. The summed E-state index contributed by atoms with van der Waals surface area (Å²) >= 11 is 6.07. The van der Waals surface area contributed by atoms with Gasteiger partial charge in [0.05, 0.1) is 23.1 Å². The van der Waals surface area contributed by atoms with Gasteiger partial charge in [0.25, 0.3) is 5.91 Å². The molecule has 0 saturated carbocycles. The van der Waals surface area contributed by atoms with E-state index in [-0.39, 0.29) is 29.2 Å². The number of nitrogens with zero attached hydrogens (tertiary/aromatic N) is 3. The molecule has 2 amide bonds. The van der Waals surface area contributed by atoms with Crippen LogP contribution in [0.5, 0.6) is 11.5 Å². The summed E-state index contributed by atoms with van der Waals surface area (Å²) in [4.78, 5) is 26.4. The molecule has 0 aliphatic carbocycles. The molecule has 0 unspecified atom stereocenters. The van der Waals surface area contributed by atoms with E-state index in [9.17, 15) is 19.8 Å². The fourth-order valence-corrected chi connectivity index (χ4v) is 4.12. The molecule has 35 heavy (non-hydrogen) atoms. The third kappa shape index (κ3) is 4.69. The number of amides is 2. The van der Waals surface area contributed by atoms with Crippen molar-refractivity contribution >= 4 is 23.4 Å². The number of phenols is 2. The van der Waals surface area contributed by atoms with Crippen LogP contribution in [0.1, 0.15) is 31.8 Å². The van der Waals surface area contributed by atoms with Gasteiger partial charge < -0.3 is 20.8 Å². The van der Waals surface area contributed by atoms with Gasteiger partial charge in [-0.2, -0.15) is 5.10 Å². The maximum atomic E-state index is 13.3. The number of primary amides is 1. The van der Waals surface area contributed by atoms with Crippen LogP contribution < -0.4 is 5.73 Å². The number of hydrogen-bond acceptors (Lipinski definition) is 5. The standard InChI is InChI=1S/C26H23ClN4O4/c1-15-5-3-4-6-21(15)31-22(9-10-29-31)19-12-20(24(33)13-23(19)32)26(35)30(2)14-16-11-17(27)7-8-18(16)25(28)34/h3-13,32-33H,14H2,1-2H3,(H2,28,34). The molecule has 1 aromatic heterocycles. The minimum absolute atomic E-state index is 0.0223. The summed E-state index contributed by atoms with van der Waals surface area (Å²) in [6.07, 6.45) is 1.59. The van der Waals surface area contributed by atoms with Crippen molar-refractivity contribution < 1.29 is 19.8 Å². The van der Waals surface area contributed by atoms with Gasteiger partial charge in [0.15, 0.2) is 0 Å². The summed E-state index contributed by atoms with van der Waals surface area (Å²) in [6.45, 7) is 1.96. The zero-order valence-corrected chi connectivity index (χ0v) is 19.8. The first-order valence-corrected chi connectivity index (χ1v) is 11.0. The van der Waals surface area contributed by atoms with Crippen LogP contribution in [-0.4, -0.2) is 43.8 Å². The van der Waals surface area contributed by atoms with E-state index in [4.69, 9.17) is 17.3 Å². The van der Waals surface area contributed by atoms with E-state index in [0.717, 1.165) is 17.3 Å². The second kappa shape index (κ2) is 9.52. The number of aromatic hydroxyl groups is 2. The van der Waals surface area contributed by atoms with Crippen LogP contribution in [-0.2, 0) is 6.54 Å². The number of carbonyl (C=O) groups is 2. The van der Waals surface area contributed by atoms with Crippen molar-refractivity contribution in [3.8, 4) is 28.4 Å². The van der Waals surface area contributed by atoms with Crippen LogP contribution in [0.2, 0.25) is 5.02 Å². The van der Waals surface area contributed by atoms with Crippen LogP contribution in [0.4, 0.5) is 0 Å². The first kappa shape index (κ1) is 23.8. The Kier molecular flexibility index (Phi) is 6.48. The van der Waals surface area contributed by atoms with E-state index in [2.05, 4.69) is 5.10 Å². The van der Waals surface area contributed by atoms with Crippen molar-refractivity contribution in [2.24, 2.45) is 5.73 Å². The van der Waals surface area contributed by atoms with E-state index in [1.165, 1.54) is 24.1 Å².